The lowest BCUT2D eigenvalue weighted by molar-refractivity contribution is -0.146. The normalized spacial score (nSPS) is 13.0. The van der Waals surface area contributed by atoms with Crippen molar-refractivity contribution in [1.29, 1.82) is 0 Å². The molecule has 1 heterocycles. The standard InChI is InChI=1S/C32H35ClFNO4S/c1-31(2,3)40-29-25-16-24(39-19-28(36)21-8-12-23(34)13-9-21)14-15-26(25)35(18-20-6-10-22(33)11-7-20)27(29)17-32(4,5)30(37)38/h6-16,28,36H,17-19H2,1-5H3,(H,37,38). The maximum Gasteiger partial charge on any atom is 0.309 e. The third-order valence-corrected chi connectivity index (χ3v) is 8.13. The van der Waals surface area contributed by atoms with Gasteiger partial charge in [-0.25, -0.2) is 4.39 Å². The molecule has 2 N–H and O–H groups in total. The Morgan fingerprint density at radius 1 is 1.02 bits per heavy atom. The Bertz CT molecular complexity index is 1490. The van der Waals surface area contributed by atoms with E-state index in [1.54, 1.807) is 25.6 Å². The molecule has 0 fully saturated rings. The first-order chi connectivity index (χ1) is 18.7. The van der Waals surface area contributed by atoms with E-state index in [0.29, 0.717) is 29.3 Å². The van der Waals surface area contributed by atoms with Crippen LogP contribution < -0.4 is 4.74 Å². The highest BCUT2D eigenvalue weighted by atomic mass is 35.5. The lowest BCUT2D eigenvalue weighted by Gasteiger charge is -2.24. The molecule has 8 heteroatoms. The molecule has 0 aliphatic rings. The molecular weight excluding hydrogens is 549 g/mol. The van der Waals surface area contributed by atoms with E-state index in [4.69, 9.17) is 16.3 Å². The number of rotatable bonds is 10. The van der Waals surface area contributed by atoms with E-state index in [-0.39, 0.29) is 17.2 Å². The van der Waals surface area contributed by atoms with Crippen LogP contribution in [0.5, 0.6) is 5.75 Å². The first-order valence-corrected chi connectivity index (χ1v) is 14.3. The fourth-order valence-electron chi connectivity index (χ4n) is 4.44. The smallest absolute Gasteiger partial charge is 0.309 e. The van der Waals surface area contributed by atoms with Crippen LogP contribution in [0.15, 0.2) is 71.6 Å². The second kappa shape index (κ2) is 11.9. The number of aliphatic hydroxyl groups is 1. The number of halogens is 2. The zero-order valence-electron chi connectivity index (χ0n) is 23.4. The Morgan fingerprint density at radius 2 is 1.68 bits per heavy atom. The van der Waals surface area contributed by atoms with Crippen LogP contribution in [-0.4, -0.2) is 32.1 Å². The minimum Gasteiger partial charge on any atom is -0.491 e. The van der Waals surface area contributed by atoms with Gasteiger partial charge < -0.3 is 19.5 Å². The number of carbonyl (C=O) groups is 1. The molecule has 0 aliphatic heterocycles. The summed E-state index contributed by atoms with van der Waals surface area (Å²) in [7, 11) is 0. The Kier molecular flexibility index (Phi) is 8.88. The summed E-state index contributed by atoms with van der Waals surface area (Å²) < 4.78 is 21.3. The van der Waals surface area contributed by atoms with Gasteiger partial charge in [0.2, 0.25) is 0 Å². The van der Waals surface area contributed by atoms with Crippen molar-refractivity contribution in [2.75, 3.05) is 6.61 Å². The molecule has 0 saturated carbocycles. The third-order valence-electron chi connectivity index (χ3n) is 6.60. The van der Waals surface area contributed by atoms with Crippen molar-refractivity contribution in [3.8, 4) is 5.75 Å². The van der Waals surface area contributed by atoms with E-state index in [1.165, 1.54) is 24.3 Å². The van der Waals surface area contributed by atoms with Crippen molar-refractivity contribution in [3.63, 3.8) is 0 Å². The topological polar surface area (TPSA) is 71.7 Å². The molecule has 5 nitrogen and oxygen atoms in total. The van der Waals surface area contributed by atoms with Gasteiger partial charge in [0, 0.05) is 44.2 Å². The van der Waals surface area contributed by atoms with Crippen molar-refractivity contribution in [2.24, 2.45) is 5.41 Å². The van der Waals surface area contributed by atoms with Gasteiger partial charge in [-0.3, -0.25) is 4.79 Å². The van der Waals surface area contributed by atoms with Gasteiger partial charge in [-0.1, -0.05) is 56.6 Å². The summed E-state index contributed by atoms with van der Waals surface area (Å²) in [5, 5.41) is 22.2. The Labute approximate surface area is 243 Å². The Morgan fingerprint density at radius 3 is 2.27 bits per heavy atom. The molecule has 40 heavy (non-hydrogen) atoms. The monoisotopic (exact) mass is 583 g/mol. The van der Waals surface area contributed by atoms with E-state index >= 15 is 0 Å². The van der Waals surface area contributed by atoms with Gasteiger partial charge in [-0.05, 0) is 67.4 Å². The van der Waals surface area contributed by atoms with Crippen LogP contribution in [0.4, 0.5) is 4.39 Å². The predicted octanol–water partition coefficient (Wildman–Crippen LogP) is 8.14. The lowest BCUT2D eigenvalue weighted by atomic mass is 9.88. The first-order valence-electron chi connectivity index (χ1n) is 13.1. The van der Waals surface area contributed by atoms with Gasteiger partial charge >= 0.3 is 5.97 Å². The Balaban J connectivity index is 1.79. The number of aromatic nitrogens is 1. The maximum absolute atomic E-state index is 13.3. The SMILES string of the molecule is CC(C)(C)Sc1c(CC(C)(C)C(=O)O)n(Cc2ccc(Cl)cc2)c2ccc(OCC(O)c3ccc(F)cc3)cc12. The maximum atomic E-state index is 13.3. The Hall–Kier alpha value is -3.00. The zero-order valence-corrected chi connectivity index (χ0v) is 24.9. The van der Waals surface area contributed by atoms with Gasteiger partial charge in [-0.15, -0.1) is 11.8 Å². The van der Waals surface area contributed by atoms with Crippen LogP contribution in [0.25, 0.3) is 10.9 Å². The number of aliphatic carboxylic acids is 1. The van der Waals surface area contributed by atoms with Crippen molar-refractivity contribution < 1.29 is 24.1 Å². The fraction of sp³-hybridized carbons (Fsp3) is 0.344. The summed E-state index contributed by atoms with van der Waals surface area (Å²) in [5.41, 5.74) is 2.53. The molecule has 0 saturated heterocycles. The molecule has 0 radical (unpaired) electrons. The largest absolute Gasteiger partial charge is 0.491 e. The number of benzene rings is 3. The molecule has 4 rings (SSSR count). The van der Waals surface area contributed by atoms with Crippen molar-refractivity contribution in [1.82, 2.24) is 4.57 Å². The minimum atomic E-state index is -0.988. The van der Waals surface area contributed by atoms with Crippen LogP contribution in [0.2, 0.25) is 5.02 Å². The summed E-state index contributed by atoms with van der Waals surface area (Å²) in [6.07, 6.45) is -0.580. The average Bonchev–Trinajstić information content (AvgIpc) is 3.14. The van der Waals surface area contributed by atoms with E-state index in [2.05, 4.69) is 25.3 Å². The van der Waals surface area contributed by atoms with Crippen LogP contribution >= 0.6 is 23.4 Å². The average molecular weight is 584 g/mol. The molecule has 0 aliphatic carbocycles. The summed E-state index contributed by atoms with van der Waals surface area (Å²) in [5.74, 6) is -0.644. The van der Waals surface area contributed by atoms with E-state index in [1.807, 2.05) is 42.5 Å². The van der Waals surface area contributed by atoms with Gasteiger partial charge in [0.25, 0.3) is 0 Å². The molecule has 4 aromatic rings. The van der Waals surface area contributed by atoms with Gasteiger partial charge in [0.05, 0.1) is 5.41 Å². The molecule has 1 unspecified atom stereocenters. The number of carboxylic acid groups (broad SMARTS) is 1. The van der Waals surface area contributed by atoms with Crippen LogP contribution in [-0.2, 0) is 17.8 Å². The highest BCUT2D eigenvalue weighted by molar-refractivity contribution is 8.00. The van der Waals surface area contributed by atoms with Crippen LogP contribution in [0, 0.1) is 11.2 Å². The number of fused-ring (bicyclic) bond motifs is 1. The van der Waals surface area contributed by atoms with Crippen LogP contribution in [0.3, 0.4) is 0 Å². The number of nitrogens with zero attached hydrogens (tertiary/aromatic N) is 1. The second-order valence-electron chi connectivity index (χ2n) is 11.6. The molecular formula is C32H35ClFNO4S. The van der Waals surface area contributed by atoms with E-state index in [0.717, 1.165) is 27.1 Å². The molecule has 0 spiro atoms. The summed E-state index contributed by atoms with van der Waals surface area (Å²) in [4.78, 5) is 13.2. The number of aliphatic hydroxyl groups excluding tert-OH is 1. The molecule has 212 valence electrons. The number of ether oxygens (including phenoxy) is 1. The summed E-state index contributed by atoms with van der Waals surface area (Å²) in [6.45, 7) is 10.4. The molecule has 3 aromatic carbocycles. The number of hydrogen-bond donors (Lipinski definition) is 2. The van der Waals surface area contributed by atoms with Gasteiger partial charge in [0.15, 0.2) is 0 Å². The van der Waals surface area contributed by atoms with E-state index < -0.39 is 17.5 Å². The van der Waals surface area contributed by atoms with Crippen LogP contribution in [0.1, 0.15) is 57.5 Å². The van der Waals surface area contributed by atoms with Gasteiger partial charge in [-0.2, -0.15) is 0 Å². The van der Waals surface area contributed by atoms with Gasteiger partial charge in [0.1, 0.15) is 24.3 Å². The third kappa shape index (κ3) is 7.19. The zero-order chi connectivity index (χ0) is 29.2. The van der Waals surface area contributed by atoms with Crippen molar-refractivity contribution in [2.45, 2.75) is 63.3 Å². The highest BCUT2D eigenvalue weighted by Crippen LogP contribution is 2.44. The molecule has 1 atom stereocenters. The van der Waals surface area contributed by atoms with Crippen molar-refractivity contribution in [3.05, 3.63) is 94.4 Å². The van der Waals surface area contributed by atoms with Crippen molar-refractivity contribution >= 4 is 40.2 Å². The fourth-order valence-corrected chi connectivity index (χ4v) is 5.76. The number of hydrogen-bond acceptors (Lipinski definition) is 4. The minimum absolute atomic E-state index is 0.00325. The summed E-state index contributed by atoms with van der Waals surface area (Å²) in [6, 6.07) is 19.2. The molecule has 1 aromatic heterocycles. The first kappa shape index (κ1) is 30.0. The quantitative estimate of drug-likeness (QED) is 0.184. The molecule has 0 amide bonds. The predicted molar refractivity (Wildman–Crippen MR) is 160 cm³/mol. The molecule has 0 bridgehead atoms. The van der Waals surface area contributed by atoms with E-state index in [9.17, 15) is 19.4 Å². The second-order valence-corrected chi connectivity index (χ2v) is 13.9. The highest BCUT2D eigenvalue weighted by Gasteiger charge is 2.33. The number of carboxylic acids is 1. The lowest BCUT2D eigenvalue weighted by Crippen LogP contribution is -2.28. The summed E-state index contributed by atoms with van der Waals surface area (Å²) >= 11 is 7.83. The number of thioether (sulfide) groups is 1.